The number of aromatic nitrogens is 4. The van der Waals surface area contributed by atoms with Gasteiger partial charge in [-0.2, -0.15) is 5.10 Å². The number of fused-ring (bicyclic) bond motifs is 1. The lowest BCUT2D eigenvalue weighted by Gasteiger charge is -2.32. The first-order valence-corrected chi connectivity index (χ1v) is 9.11. The number of nitrogens with zero attached hydrogens (tertiary/aromatic N) is 5. The SMILES string of the molecule is OCCC1CCN(c2cc(-c3cnc4ccc(C(F)F)nn34)ccn2)CC1. The summed E-state index contributed by atoms with van der Waals surface area (Å²) in [4.78, 5) is 11.0. The molecule has 0 amide bonds. The van der Waals surface area contributed by atoms with Gasteiger partial charge < -0.3 is 10.0 Å². The first-order chi connectivity index (χ1) is 13.2. The Morgan fingerprint density at radius 3 is 2.70 bits per heavy atom. The number of rotatable bonds is 5. The Morgan fingerprint density at radius 2 is 1.96 bits per heavy atom. The van der Waals surface area contributed by atoms with Crippen molar-refractivity contribution in [2.75, 3.05) is 24.6 Å². The van der Waals surface area contributed by atoms with E-state index in [9.17, 15) is 8.78 Å². The predicted octanol–water partition coefficient (Wildman–Crippen LogP) is 3.33. The van der Waals surface area contributed by atoms with E-state index in [1.807, 2.05) is 12.1 Å². The van der Waals surface area contributed by atoms with E-state index in [2.05, 4.69) is 20.0 Å². The zero-order valence-electron chi connectivity index (χ0n) is 14.8. The summed E-state index contributed by atoms with van der Waals surface area (Å²) >= 11 is 0. The summed E-state index contributed by atoms with van der Waals surface area (Å²) in [5, 5.41) is 13.1. The van der Waals surface area contributed by atoms with Gasteiger partial charge >= 0.3 is 0 Å². The predicted molar refractivity (Wildman–Crippen MR) is 97.8 cm³/mol. The van der Waals surface area contributed by atoms with Crippen molar-refractivity contribution in [3.63, 3.8) is 0 Å². The van der Waals surface area contributed by atoms with Crippen LogP contribution in [0.1, 0.15) is 31.4 Å². The second kappa shape index (κ2) is 7.56. The lowest BCUT2D eigenvalue weighted by molar-refractivity contribution is 0.144. The van der Waals surface area contributed by atoms with E-state index >= 15 is 0 Å². The average Bonchev–Trinajstić information content (AvgIpc) is 3.12. The van der Waals surface area contributed by atoms with Crippen LogP contribution in [0.3, 0.4) is 0 Å². The van der Waals surface area contributed by atoms with Gasteiger partial charge in [0.05, 0.1) is 11.9 Å². The Kier molecular flexibility index (Phi) is 4.98. The van der Waals surface area contributed by atoms with Crippen molar-refractivity contribution in [3.05, 3.63) is 42.4 Å². The van der Waals surface area contributed by atoms with Crippen LogP contribution in [0.15, 0.2) is 36.7 Å². The molecule has 4 heterocycles. The molecule has 0 unspecified atom stereocenters. The molecule has 1 aliphatic rings. The monoisotopic (exact) mass is 373 g/mol. The van der Waals surface area contributed by atoms with Gasteiger partial charge in [-0.15, -0.1) is 0 Å². The van der Waals surface area contributed by atoms with E-state index in [1.54, 1.807) is 18.5 Å². The molecule has 0 bridgehead atoms. The highest BCUT2D eigenvalue weighted by Gasteiger charge is 2.20. The fraction of sp³-hybridized carbons (Fsp3) is 0.421. The van der Waals surface area contributed by atoms with Crippen LogP contribution in [0.2, 0.25) is 0 Å². The molecule has 8 heteroatoms. The second-order valence-corrected chi connectivity index (χ2v) is 6.82. The van der Waals surface area contributed by atoms with E-state index in [4.69, 9.17) is 5.11 Å². The van der Waals surface area contributed by atoms with Crippen molar-refractivity contribution in [1.82, 2.24) is 19.6 Å². The normalized spacial score (nSPS) is 15.8. The maximum absolute atomic E-state index is 13.0. The average molecular weight is 373 g/mol. The molecule has 0 aromatic carbocycles. The number of aliphatic hydroxyl groups is 1. The van der Waals surface area contributed by atoms with E-state index in [0.717, 1.165) is 43.7 Å². The van der Waals surface area contributed by atoms with Gasteiger partial charge in [0, 0.05) is 31.5 Å². The van der Waals surface area contributed by atoms with Crippen molar-refractivity contribution >= 4 is 11.5 Å². The Hall–Kier alpha value is -2.61. The molecular formula is C19H21F2N5O. The van der Waals surface area contributed by atoms with Crippen molar-refractivity contribution < 1.29 is 13.9 Å². The van der Waals surface area contributed by atoms with Gasteiger partial charge in [0.15, 0.2) is 5.65 Å². The number of aliphatic hydroxyl groups excluding tert-OH is 1. The Balaban J connectivity index is 1.61. The summed E-state index contributed by atoms with van der Waals surface area (Å²) in [5.41, 5.74) is 1.75. The van der Waals surface area contributed by atoms with Crippen LogP contribution >= 0.6 is 0 Å². The van der Waals surface area contributed by atoms with Crippen LogP contribution in [0.4, 0.5) is 14.6 Å². The van der Waals surface area contributed by atoms with Gasteiger partial charge in [0.25, 0.3) is 6.43 Å². The lowest BCUT2D eigenvalue weighted by Crippen LogP contribution is -2.34. The molecule has 4 rings (SSSR count). The van der Waals surface area contributed by atoms with E-state index in [1.165, 1.54) is 10.6 Å². The largest absolute Gasteiger partial charge is 0.396 e. The first-order valence-electron chi connectivity index (χ1n) is 9.11. The molecule has 0 aliphatic carbocycles. The van der Waals surface area contributed by atoms with Crippen molar-refractivity contribution in [1.29, 1.82) is 0 Å². The van der Waals surface area contributed by atoms with Crippen LogP contribution in [0.25, 0.3) is 16.9 Å². The highest BCUT2D eigenvalue weighted by molar-refractivity contribution is 5.66. The van der Waals surface area contributed by atoms with Crippen molar-refractivity contribution in [2.24, 2.45) is 5.92 Å². The third-order valence-corrected chi connectivity index (χ3v) is 5.12. The topological polar surface area (TPSA) is 66.5 Å². The summed E-state index contributed by atoms with van der Waals surface area (Å²) in [6.45, 7) is 2.02. The number of imidazole rings is 1. The molecule has 1 aliphatic heterocycles. The van der Waals surface area contributed by atoms with E-state index in [0.29, 0.717) is 17.3 Å². The number of hydrogen-bond donors (Lipinski definition) is 1. The minimum atomic E-state index is -2.63. The molecule has 1 fully saturated rings. The zero-order chi connectivity index (χ0) is 18.8. The number of halogens is 2. The summed E-state index contributed by atoms with van der Waals surface area (Å²) < 4.78 is 27.5. The number of hydrogen-bond acceptors (Lipinski definition) is 5. The third kappa shape index (κ3) is 3.62. The summed E-state index contributed by atoms with van der Waals surface area (Å²) in [6, 6.07) is 6.63. The molecule has 0 atom stereocenters. The molecule has 27 heavy (non-hydrogen) atoms. The Bertz CT molecular complexity index is 921. The smallest absolute Gasteiger partial charge is 0.282 e. The minimum absolute atomic E-state index is 0.236. The van der Waals surface area contributed by atoms with E-state index in [-0.39, 0.29) is 12.3 Å². The van der Waals surface area contributed by atoms with Gasteiger partial charge in [-0.1, -0.05) is 0 Å². The van der Waals surface area contributed by atoms with E-state index < -0.39 is 6.43 Å². The van der Waals surface area contributed by atoms with Gasteiger partial charge in [0.2, 0.25) is 0 Å². The molecule has 0 spiro atoms. The van der Waals surface area contributed by atoms with Gasteiger partial charge in [-0.3, -0.25) is 0 Å². The van der Waals surface area contributed by atoms with Crippen molar-refractivity contribution in [2.45, 2.75) is 25.7 Å². The molecule has 1 saturated heterocycles. The van der Waals surface area contributed by atoms with Crippen molar-refractivity contribution in [3.8, 4) is 11.3 Å². The number of pyridine rings is 1. The lowest BCUT2D eigenvalue weighted by atomic mass is 9.94. The highest BCUT2D eigenvalue weighted by Crippen LogP contribution is 2.28. The van der Waals surface area contributed by atoms with Crippen LogP contribution in [-0.2, 0) is 0 Å². The highest BCUT2D eigenvalue weighted by atomic mass is 19.3. The number of piperidine rings is 1. The Morgan fingerprint density at radius 1 is 1.15 bits per heavy atom. The summed E-state index contributed by atoms with van der Waals surface area (Å²) in [6.07, 6.45) is 3.65. The quantitative estimate of drug-likeness (QED) is 0.743. The van der Waals surface area contributed by atoms with Crippen LogP contribution in [0, 0.1) is 5.92 Å². The fourth-order valence-electron chi connectivity index (χ4n) is 3.58. The van der Waals surface area contributed by atoms with Gasteiger partial charge in [0.1, 0.15) is 11.5 Å². The Labute approximate surface area is 155 Å². The molecular weight excluding hydrogens is 352 g/mol. The summed E-state index contributed by atoms with van der Waals surface area (Å²) in [7, 11) is 0. The van der Waals surface area contributed by atoms with Crippen LogP contribution < -0.4 is 4.90 Å². The fourth-order valence-corrected chi connectivity index (χ4v) is 3.58. The standard InChI is InChI=1S/C19H21F2N5O/c20-19(21)15-1-2-17-23-12-16(26(17)24-15)14-3-7-22-18(11-14)25-8-4-13(5-9-25)6-10-27/h1-3,7,11-13,19,27H,4-6,8-10H2. The van der Waals surface area contributed by atoms with Gasteiger partial charge in [-0.05, 0) is 49.4 Å². The molecule has 6 nitrogen and oxygen atoms in total. The first kappa shape index (κ1) is 17.8. The maximum atomic E-state index is 13.0. The van der Waals surface area contributed by atoms with Crippen LogP contribution in [0.5, 0.6) is 0 Å². The van der Waals surface area contributed by atoms with Gasteiger partial charge in [-0.25, -0.2) is 23.3 Å². The minimum Gasteiger partial charge on any atom is -0.396 e. The molecule has 0 saturated carbocycles. The maximum Gasteiger partial charge on any atom is 0.282 e. The second-order valence-electron chi connectivity index (χ2n) is 6.82. The third-order valence-electron chi connectivity index (χ3n) is 5.12. The summed E-state index contributed by atoms with van der Waals surface area (Å²) in [5.74, 6) is 1.42. The molecule has 3 aromatic rings. The molecule has 142 valence electrons. The number of alkyl halides is 2. The zero-order valence-corrected chi connectivity index (χ0v) is 14.8. The van der Waals surface area contributed by atoms with Crippen LogP contribution in [-0.4, -0.2) is 44.4 Å². The number of anilines is 1. The molecule has 0 radical (unpaired) electrons. The molecule has 1 N–H and O–H groups in total. The molecule has 3 aromatic heterocycles.